The number of carbonyl (C=O) groups excluding carboxylic acids is 1. The number of hydrogen-bond donors (Lipinski definition) is 1. The maximum atomic E-state index is 12.8. The molecule has 0 aliphatic rings. The lowest BCUT2D eigenvalue weighted by atomic mass is 10.2. The van der Waals surface area contributed by atoms with E-state index < -0.39 is 33.6 Å². The Morgan fingerprint density at radius 2 is 1.71 bits per heavy atom. The Labute approximate surface area is 189 Å². The Morgan fingerprint density at radius 1 is 1.03 bits per heavy atom. The number of thiophene rings is 1. The third-order valence-electron chi connectivity index (χ3n) is 3.86. The third-order valence-corrected chi connectivity index (χ3v) is 7.36. The summed E-state index contributed by atoms with van der Waals surface area (Å²) in [5.74, 6) is -1.57. The van der Waals surface area contributed by atoms with Gasteiger partial charge in [0.15, 0.2) is 9.84 Å². The molecule has 0 radical (unpaired) electrons. The van der Waals surface area contributed by atoms with Crippen LogP contribution in [-0.4, -0.2) is 20.7 Å². The van der Waals surface area contributed by atoms with E-state index in [1.54, 1.807) is 0 Å². The van der Waals surface area contributed by atoms with Crippen LogP contribution >= 0.6 is 34.5 Å². The van der Waals surface area contributed by atoms with Crippen molar-refractivity contribution < 1.29 is 31.1 Å². The first-order valence-corrected chi connectivity index (χ1v) is 11.6. The van der Waals surface area contributed by atoms with Crippen molar-refractivity contribution in [1.29, 1.82) is 0 Å². The van der Waals surface area contributed by atoms with Crippen LogP contribution in [0.3, 0.4) is 0 Å². The number of halogens is 5. The second-order valence-corrected chi connectivity index (χ2v) is 9.84. The van der Waals surface area contributed by atoms with Gasteiger partial charge in [-0.2, -0.15) is 0 Å². The minimum absolute atomic E-state index is 0.0596. The molecule has 0 atom stereocenters. The zero-order valence-electron chi connectivity index (χ0n) is 15.2. The van der Waals surface area contributed by atoms with E-state index in [-0.39, 0.29) is 25.5 Å². The van der Waals surface area contributed by atoms with Gasteiger partial charge in [0.2, 0.25) is 0 Å². The van der Waals surface area contributed by atoms with Crippen molar-refractivity contribution in [2.75, 3.05) is 5.32 Å². The van der Waals surface area contributed by atoms with Crippen LogP contribution in [0, 0.1) is 0 Å². The van der Waals surface area contributed by atoms with Gasteiger partial charge in [0.25, 0.3) is 5.91 Å². The molecule has 1 heterocycles. The van der Waals surface area contributed by atoms with Crippen LogP contribution in [0.25, 0.3) is 0 Å². The number of anilines is 1. The lowest BCUT2D eigenvalue weighted by Gasteiger charge is -2.10. The van der Waals surface area contributed by atoms with Crippen molar-refractivity contribution in [2.45, 2.75) is 17.0 Å². The summed E-state index contributed by atoms with van der Waals surface area (Å²) in [6.07, 6.45) is -4.83. The molecule has 0 saturated carbocycles. The molecule has 0 unspecified atom stereocenters. The minimum Gasteiger partial charge on any atom is -0.406 e. The summed E-state index contributed by atoms with van der Waals surface area (Å²) in [4.78, 5) is 12.4. The monoisotopic (exact) mass is 509 g/mol. The molecule has 164 valence electrons. The van der Waals surface area contributed by atoms with Gasteiger partial charge in [-0.05, 0) is 53.4 Å². The number of rotatable bonds is 6. The molecule has 0 bridgehead atoms. The summed E-state index contributed by atoms with van der Waals surface area (Å²) in [6, 6.07) is 10.2. The van der Waals surface area contributed by atoms with Crippen LogP contribution in [-0.2, 0) is 15.6 Å². The first-order chi connectivity index (χ1) is 14.4. The van der Waals surface area contributed by atoms with Crippen molar-refractivity contribution in [1.82, 2.24) is 0 Å². The highest BCUT2D eigenvalue weighted by atomic mass is 35.5. The van der Waals surface area contributed by atoms with Gasteiger partial charge in [-0.15, -0.1) is 24.5 Å². The van der Waals surface area contributed by atoms with Gasteiger partial charge >= 0.3 is 6.36 Å². The molecule has 0 aliphatic heterocycles. The van der Waals surface area contributed by atoms with Gasteiger partial charge in [-0.1, -0.05) is 29.3 Å². The van der Waals surface area contributed by atoms with Crippen LogP contribution in [0.2, 0.25) is 10.0 Å². The number of amides is 1. The zero-order valence-corrected chi connectivity index (χ0v) is 18.4. The molecule has 0 aliphatic carbocycles. The summed E-state index contributed by atoms with van der Waals surface area (Å²) in [6.45, 7) is 0. The van der Waals surface area contributed by atoms with E-state index >= 15 is 0 Å². The second-order valence-electron chi connectivity index (χ2n) is 6.15. The number of nitrogens with one attached hydrogen (secondary N) is 1. The molecule has 3 rings (SSSR count). The smallest absolute Gasteiger partial charge is 0.406 e. The fourth-order valence-electron chi connectivity index (χ4n) is 2.56. The Bertz CT molecular complexity index is 1210. The number of sulfone groups is 1. The first-order valence-electron chi connectivity index (χ1n) is 8.36. The summed E-state index contributed by atoms with van der Waals surface area (Å²) in [5, 5.41) is 4.40. The van der Waals surface area contributed by atoms with Gasteiger partial charge in [0, 0.05) is 5.69 Å². The maximum Gasteiger partial charge on any atom is 0.573 e. The molecule has 3 aromatic rings. The molecular formula is C19H12Cl2F3NO4S2. The molecule has 0 spiro atoms. The number of hydrogen-bond acceptors (Lipinski definition) is 5. The predicted octanol–water partition coefficient (Wildman–Crippen LogP) is 6.18. The van der Waals surface area contributed by atoms with Crippen LogP contribution < -0.4 is 10.1 Å². The van der Waals surface area contributed by atoms with E-state index in [1.807, 2.05) is 0 Å². The van der Waals surface area contributed by atoms with E-state index in [0.717, 1.165) is 23.5 Å². The summed E-state index contributed by atoms with van der Waals surface area (Å²) < 4.78 is 66.1. The van der Waals surface area contributed by atoms with Crippen LogP contribution in [0.1, 0.15) is 15.2 Å². The largest absolute Gasteiger partial charge is 0.573 e. The molecule has 1 amide bonds. The standard InChI is InChI=1S/C19H12Cl2F3NO4S2/c20-14-6-1-11(9-15(14)21)10-31(27,28)16-7-8-30-17(16)18(26)25-12-2-4-13(5-3-12)29-19(22,23)24/h1-9H,10H2,(H,25,26). The molecule has 2 aromatic carbocycles. The van der Waals surface area contributed by atoms with Crippen molar-refractivity contribution in [3.8, 4) is 5.75 Å². The van der Waals surface area contributed by atoms with Gasteiger partial charge < -0.3 is 10.1 Å². The minimum atomic E-state index is -4.83. The van der Waals surface area contributed by atoms with Gasteiger partial charge in [-0.3, -0.25) is 4.79 Å². The Kier molecular flexibility index (Phi) is 6.85. The van der Waals surface area contributed by atoms with Crippen molar-refractivity contribution >= 4 is 56.0 Å². The highest BCUT2D eigenvalue weighted by Crippen LogP contribution is 2.29. The molecular weight excluding hydrogens is 498 g/mol. The quantitative estimate of drug-likeness (QED) is 0.430. The van der Waals surface area contributed by atoms with E-state index in [4.69, 9.17) is 23.2 Å². The number of carbonyl (C=O) groups is 1. The SMILES string of the molecule is O=C(Nc1ccc(OC(F)(F)F)cc1)c1sccc1S(=O)(=O)Cc1ccc(Cl)c(Cl)c1. The van der Waals surface area contributed by atoms with Crippen molar-refractivity contribution in [3.05, 3.63) is 74.4 Å². The highest BCUT2D eigenvalue weighted by molar-refractivity contribution is 7.90. The fraction of sp³-hybridized carbons (Fsp3) is 0.105. The highest BCUT2D eigenvalue weighted by Gasteiger charge is 2.31. The van der Waals surface area contributed by atoms with Gasteiger partial charge in [0.05, 0.1) is 20.7 Å². The lowest BCUT2D eigenvalue weighted by molar-refractivity contribution is -0.274. The molecule has 31 heavy (non-hydrogen) atoms. The Morgan fingerprint density at radius 3 is 2.32 bits per heavy atom. The van der Waals surface area contributed by atoms with Crippen LogP contribution in [0.15, 0.2) is 58.8 Å². The normalized spacial score (nSPS) is 11.9. The number of benzene rings is 2. The summed E-state index contributed by atoms with van der Waals surface area (Å²) in [7, 11) is -3.89. The van der Waals surface area contributed by atoms with Gasteiger partial charge in [-0.25, -0.2) is 8.42 Å². The maximum absolute atomic E-state index is 12.8. The third kappa shape index (κ3) is 6.13. The van der Waals surface area contributed by atoms with Crippen LogP contribution in [0.5, 0.6) is 5.75 Å². The van der Waals surface area contributed by atoms with Crippen molar-refractivity contribution in [2.24, 2.45) is 0 Å². The van der Waals surface area contributed by atoms with E-state index in [0.29, 0.717) is 5.56 Å². The zero-order chi connectivity index (χ0) is 22.8. The van der Waals surface area contributed by atoms with E-state index in [2.05, 4.69) is 10.1 Å². The second kappa shape index (κ2) is 9.07. The first kappa shape index (κ1) is 23.4. The molecule has 0 fully saturated rings. The topological polar surface area (TPSA) is 72.5 Å². The van der Waals surface area contributed by atoms with Crippen LogP contribution in [0.4, 0.5) is 18.9 Å². The average molecular weight is 510 g/mol. The Balaban J connectivity index is 1.77. The molecule has 5 nitrogen and oxygen atoms in total. The van der Waals surface area contributed by atoms with Gasteiger partial charge in [0.1, 0.15) is 10.6 Å². The number of ether oxygens (including phenoxy) is 1. The Hall–Kier alpha value is -2.27. The summed E-state index contributed by atoms with van der Waals surface area (Å²) in [5.41, 5.74) is 0.563. The summed E-state index contributed by atoms with van der Waals surface area (Å²) >= 11 is 12.7. The van der Waals surface area contributed by atoms with E-state index in [1.165, 1.54) is 41.8 Å². The molecule has 1 aromatic heterocycles. The van der Waals surface area contributed by atoms with Crippen molar-refractivity contribution in [3.63, 3.8) is 0 Å². The molecule has 1 N–H and O–H groups in total. The molecule has 0 saturated heterocycles. The van der Waals surface area contributed by atoms with E-state index in [9.17, 15) is 26.4 Å². The number of alkyl halides is 3. The lowest BCUT2D eigenvalue weighted by Crippen LogP contribution is -2.17. The predicted molar refractivity (Wildman–Crippen MR) is 113 cm³/mol. The average Bonchev–Trinajstić information content (AvgIpc) is 3.16. The molecule has 12 heteroatoms. The fourth-order valence-corrected chi connectivity index (χ4v) is 5.60.